The van der Waals surface area contributed by atoms with Gasteiger partial charge in [-0.25, -0.2) is 0 Å². The Morgan fingerprint density at radius 2 is 1.07 bits per heavy atom. The van der Waals surface area contributed by atoms with E-state index in [-0.39, 0.29) is 23.7 Å². The summed E-state index contributed by atoms with van der Waals surface area (Å²) in [5.41, 5.74) is 1.58. The molecule has 1 aromatic carbocycles. The van der Waals surface area contributed by atoms with Crippen molar-refractivity contribution in [1.82, 2.24) is 0 Å². The summed E-state index contributed by atoms with van der Waals surface area (Å²) in [6.07, 6.45) is 12.9. The molecule has 0 aliphatic heterocycles. The van der Waals surface area contributed by atoms with Crippen LogP contribution in [0.1, 0.15) is 105 Å². The molecule has 2 atom stereocenters. The number of rotatable bonds is 16. The molecule has 0 spiro atoms. The Balaban J connectivity index is 2.61. The number of benzene rings is 1. The lowest BCUT2D eigenvalue weighted by molar-refractivity contribution is -0.121. The second-order valence-corrected chi connectivity index (χ2v) is 8.49. The number of carbonyl (C=O) groups is 2. The number of amides is 2. The average Bonchev–Trinajstić information content (AvgIpc) is 2.75. The molecule has 0 aliphatic carbocycles. The molecular formula is C26H44N2O2. The third-order valence-corrected chi connectivity index (χ3v) is 5.87. The quantitative estimate of drug-likeness (QED) is 0.273. The first kappa shape index (κ1) is 26.2. The summed E-state index contributed by atoms with van der Waals surface area (Å²) in [4.78, 5) is 25.3. The molecule has 0 heterocycles. The highest BCUT2D eigenvalue weighted by Gasteiger charge is 2.18. The minimum atomic E-state index is 0.0661. The van der Waals surface area contributed by atoms with Crippen LogP contribution in [0.3, 0.4) is 0 Å². The van der Waals surface area contributed by atoms with Gasteiger partial charge < -0.3 is 10.6 Å². The average molecular weight is 417 g/mol. The van der Waals surface area contributed by atoms with Gasteiger partial charge in [-0.2, -0.15) is 0 Å². The van der Waals surface area contributed by atoms with Crippen molar-refractivity contribution in [2.75, 3.05) is 10.6 Å². The maximum atomic E-state index is 12.8. The minimum Gasteiger partial charge on any atom is -0.326 e. The lowest BCUT2D eigenvalue weighted by Crippen LogP contribution is -2.23. The maximum Gasteiger partial charge on any atom is 0.227 e. The van der Waals surface area contributed by atoms with Crippen molar-refractivity contribution in [3.05, 3.63) is 24.3 Å². The van der Waals surface area contributed by atoms with Crippen LogP contribution in [0.25, 0.3) is 0 Å². The summed E-state index contributed by atoms with van der Waals surface area (Å²) < 4.78 is 0. The maximum absolute atomic E-state index is 12.8. The van der Waals surface area contributed by atoms with E-state index in [1.807, 2.05) is 24.3 Å². The van der Waals surface area contributed by atoms with Crippen LogP contribution in [-0.2, 0) is 9.59 Å². The van der Waals surface area contributed by atoms with Crippen LogP contribution < -0.4 is 10.6 Å². The van der Waals surface area contributed by atoms with E-state index in [0.717, 1.165) is 69.2 Å². The zero-order valence-electron chi connectivity index (χ0n) is 19.8. The minimum absolute atomic E-state index is 0.0661. The van der Waals surface area contributed by atoms with Gasteiger partial charge in [-0.3, -0.25) is 9.59 Å². The van der Waals surface area contributed by atoms with Crippen molar-refractivity contribution in [2.45, 2.75) is 105 Å². The zero-order chi connectivity index (χ0) is 22.2. The summed E-state index contributed by atoms with van der Waals surface area (Å²) in [5.74, 6) is 0.373. The second kappa shape index (κ2) is 15.9. The third-order valence-electron chi connectivity index (χ3n) is 5.87. The molecule has 2 amide bonds. The Bertz CT molecular complexity index is 598. The van der Waals surface area contributed by atoms with Gasteiger partial charge in [0, 0.05) is 23.2 Å². The molecule has 170 valence electrons. The number of carbonyl (C=O) groups excluding carboxylic acids is 2. The summed E-state index contributed by atoms with van der Waals surface area (Å²) in [5, 5.41) is 6.10. The van der Waals surface area contributed by atoms with Crippen molar-refractivity contribution in [3.8, 4) is 0 Å². The van der Waals surface area contributed by atoms with Gasteiger partial charge in [-0.05, 0) is 49.9 Å². The molecule has 2 N–H and O–H groups in total. The molecule has 0 saturated carbocycles. The summed E-state index contributed by atoms with van der Waals surface area (Å²) in [7, 11) is 0. The second-order valence-electron chi connectivity index (χ2n) is 8.49. The smallest absolute Gasteiger partial charge is 0.227 e. The van der Waals surface area contributed by atoms with E-state index in [0.29, 0.717) is 0 Å². The van der Waals surface area contributed by atoms with Gasteiger partial charge in [0.25, 0.3) is 0 Å². The van der Waals surface area contributed by atoms with Crippen LogP contribution in [0.15, 0.2) is 24.3 Å². The lowest BCUT2D eigenvalue weighted by Gasteiger charge is -2.17. The standard InChI is InChI=1S/C26H44N2O2/c1-5-9-12-13-16-22(15-11-7-3)26(30)28-24-19-17-23(18-20-24)27-25(29)21(8-4)14-10-6-2/h17-22H,5-16H2,1-4H3,(H,27,29)(H,28,30). The van der Waals surface area contributed by atoms with E-state index in [4.69, 9.17) is 0 Å². The molecule has 0 saturated heterocycles. The fraction of sp³-hybridized carbons (Fsp3) is 0.692. The van der Waals surface area contributed by atoms with E-state index in [2.05, 4.69) is 38.3 Å². The highest BCUT2D eigenvalue weighted by atomic mass is 16.2. The van der Waals surface area contributed by atoms with Crippen molar-refractivity contribution >= 4 is 23.2 Å². The molecule has 0 radical (unpaired) electrons. The molecule has 0 fully saturated rings. The van der Waals surface area contributed by atoms with E-state index < -0.39 is 0 Å². The first-order chi connectivity index (χ1) is 14.5. The van der Waals surface area contributed by atoms with Gasteiger partial charge in [0.1, 0.15) is 0 Å². The highest BCUT2D eigenvalue weighted by molar-refractivity contribution is 5.94. The fourth-order valence-electron chi connectivity index (χ4n) is 3.77. The number of hydrogen-bond donors (Lipinski definition) is 2. The molecule has 4 nitrogen and oxygen atoms in total. The van der Waals surface area contributed by atoms with Crippen LogP contribution in [0.4, 0.5) is 11.4 Å². The van der Waals surface area contributed by atoms with E-state index in [9.17, 15) is 9.59 Å². The van der Waals surface area contributed by atoms with Crippen LogP contribution >= 0.6 is 0 Å². The van der Waals surface area contributed by atoms with Crippen LogP contribution in [0.2, 0.25) is 0 Å². The molecule has 1 rings (SSSR count). The van der Waals surface area contributed by atoms with Crippen LogP contribution in [-0.4, -0.2) is 11.8 Å². The van der Waals surface area contributed by atoms with Crippen molar-refractivity contribution in [2.24, 2.45) is 11.8 Å². The van der Waals surface area contributed by atoms with E-state index >= 15 is 0 Å². The van der Waals surface area contributed by atoms with Crippen molar-refractivity contribution in [3.63, 3.8) is 0 Å². The largest absolute Gasteiger partial charge is 0.326 e. The predicted octanol–water partition coefficient (Wildman–Crippen LogP) is 7.56. The van der Waals surface area contributed by atoms with Gasteiger partial charge in [0.2, 0.25) is 11.8 Å². The summed E-state index contributed by atoms with van der Waals surface area (Å²) >= 11 is 0. The molecule has 4 heteroatoms. The Labute approximate surface area is 184 Å². The summed E-state index contributed by atoms with van der Waals surface area (Å²) in [6, 6.07) is 7.52. The summed E-state index contributed by atoms with van der Waals surface area (Å²) in [6.45, 7) is 8.59. The molecule has 0 aromatic heterocycles. The van der Waals surface area contributed by atoms with Crippen LogP contribution in [0.5, 0.6) is 0 Å². The number of anilines is 2. The van der Waals surface area contributed by atoms with E-state index in [1.54, 1.807) is 0 Å². The van der Waals surface area contributed by atoms with Crippen molar-refractivity contribution < 1.29 is 9.59 Å². The monoisotopic (exact) mass is 416 g/mol. The number of hydrogen-bond acceptors (Lipinski definition) is 2. The first-order valence-corrected chi connectivity index (χ1v) is 12.3. The fourth-order valence-corrected chi connectivity index (χ4v) is 3.77. The lowest BCUT2D eigenvalue weighted by atomic mass is 9.94. The van der Waals surface area contributed by atoms with Gasteiger partial charge >= 0.3 is 0 Å². The zero-order valence-corrected chi connectivity index (χ0v) is 19.8. The SMILES string of the molecule is CCCCCCC(CCCC)C(=O)Nc1ccc(NC(=O)C(CC)CCCC)cc1. The number of unbranched alkanes of at least 4 members (excludes halogenated alkanes) is 5. The Morgan fingerprint density at radius 3 is 1.53 bits per heavy atom. The molecule has 30 heavy (non-hydrogen) atoms. The molecule has 1 aromatic rings. The van der Waals surface area contributed by atoms with Gasteiger partial charge in [-0.15, -0.1) is 0 Å². The van der Waals surface area contributed by atoms with Crippen LogP contribution in [0, 0.1) is 11.8 Å². The third kappa shape index (κ3) is 10.3. The molecule has 0 aliphatic rings. The van der Waals surface area contributed by atoms with E-state index in [1.165, 1.54) is 19.3 Å². The van der Waals surface area contributed by atoms with Crippen molar-refractivity contribution in [1.29, 1.82) is 0 Å². The Hall–Kier alpha value is -1.84. The number of nitrogens with one attached hydrogen (secondary N) is 2. The predicted molar refractivity (Wildman–Crippen MR) is 129 cm³/mol. The molecule has 2 unspecified atom stereocenters. The Morgan fingerprint density at radius 1 is 0.633 bits per heavy atom. The first-order valence-electron chi connectivity index (χ1n) is 12.3. The van der Waals surface area contributed by atoms with Gasteiger partial charge in [0.05, 0.1) is 0 Å². The normalized spacial score (nSPS) is 12.9. The topological polar surface area (TPSA) is 58.2 Å². The van der Waals surface area contributed by atoms with Gasteiger partial charge in [-0.1, -0.05) is 79.1 Å². The highest BCUT2D eigenvalue weighted by Crippen LogP contribution is 2.22. The molecule has 0 bridgehead atoms. The molecular weight excluding hydrogens is 372 g/mol. The van der Waals surface area contributed by atoms with Gasteiger partial charge in [0.15, 0.2) is 0 Å². The Kier molecular flexibility index (Phi) is 13.9.